The maximum atomic E-state index is 12.3. The Labute approximate surface area is 178 Å². The number of aliphatic hydroxyl groups is 2. The number of nitrogens with one attached hydrogen (secondary N) is 3. The number of aliphatic imine (C=N–C) groups is 1. The molecule has 0 heterocycles. The second-order valence-electron chi connectivity index (χ2n) is 6.12. The minimum absolute atomic E-state index is 0.0958. The van der Waals surface area contributed by atoms with Gasteiger partial charge in [0.15, 0.2) is 5.96 Å². The van der Waals surface area contributed by atoms with E-state index in [0.29, 0.717) is 6.42 Å². The van der Waals surface area contributed by atoms with E-state index in [1.807, 2.05) is 5.32 Å². The van der Waals surface area contributed by atoms with E-state index in [-0.39, 0.29) is 24.7 Å². The Hall–Kier alpha value is -2.62. The van der Waals surface area contributed by atoms with Crippen LogP contribution < -0.4 is 33.2 Å². The smallest absolute Gasteiger partial charge is 0.328 e. The molecule has 172 valence electrons. The van der Waals surface area contributed by atoms with Gasteiger partial charge < -0.3 is 48.5 Å². The van der Waals surface area contributed by atoms with Crippen molar-refractivity contribution < 1.29 is 34.5 Å². The van der Waals surface area contributed by atoms with Crippen molar-refractivity contribution in [1.82, 2.24) is 16.0 Å². The van der Waals surface area contributed by atoms with Crippen LogP contribution in [-0.2, 0) is 19.2 Å². The lowest BCUT2D eigenvalue weighted by atomic mass is 10.1. The number of aliphatic carboxylic acids is 1. The molecule has 0 aliphatic carbocycles. The second kappa shape index (κ2) is 14.4. The van der Waals surface area contributed by atoms with Crippen LogP contribution in [0.1, 0.15) is 12.8 Å². The molecule has 0 aromatic carbocycles. The quantitative estimate of drug-likeness (QED) is 0.0519. The summed E-state index contributed by atoms with van der Waals surface area (Å²) in [7, 11) is 0. The molecule has 0 aliphatic rings. The first-order valence-corrected chi connectivity index (χ1v) is 9.48. The van der Waals surface area contributed by atoms with Crippen molar-refractivity contribution in [1.29, 1.82) is 0 Å². The molecule has 30 heavy (non-hydrogen) atoms. The molecule has 4 unspecified atom stereocenters. The van der Waals surface area contributed by atoms with Crippen molar-refractivity contribution >= 4 is 42.3 Å². The van der Waals surface area contributed by atoms with Crippen molar-refractivity contribution in [2.45, 2.75) is 37.0 Å². The number of carboxylic acids is 1. The Morgan fingerprint density at radius 3 is 1.87 bits per heavy atom. The predicted molar refractivity (Wildman–Crippen MR) is 109 cm³/mol. The van der Waals surface area contributed by atoms with Gasteiger partial charge in [-0.25, -0.2) is 4.79 Å². The number of nitrogens with zero attached hydrogens (tertiary/aromatic N) is 1. The summed E-state index contributed by atoms with van der Waals surface area (Å²) in [4.78, 5) is 51.1. The van der Waals surface area contributed by atoms with Crippen LogP contribution in [-0.4, -0.2) is 94.6 Å². The SMILES string of the molecule is NC(N)=NCCCC(N)C(=O)NC(CO)C(=O)NC(CS)C(=O)NC(CO)C(=O)O. The molecule has 0 aliphatic heterocycles. The number of thiol groups is 1. The van der Waals surface area contributed by atoms with Gasteiger partial charge in [0.1, 0.15) is 18.1 Å². The first-order chi connectivity index (χ1) is 14.1. The van der Waals surface area contributed by atoms with Crippen LogP contribution in [0.3, 0.4) is 0 Å². The van der Waals surface area contributed by atoms with Gasteiger partial charge in [-0.3, -0.25) is 19.4 Å². The first kappa shape index (κ1) is 27.4. The summed E-state index contributed by atoms with van der Waals surface area (Å²) in [6.07, 6.45) is 0.613. The molecule has 0 saturated heterocycles. The normalized spacial score (nSPS) is 14.5. The lowest BCUT2D eigenvalue weighted by Gasteiger charge is -2.23. The number of carbonyl (C=O) groups excluding carboxylic acids is 3. The molecule has 0 saturated carbocycles. The van der Waals surface area contributed by atoms with E-state index in [4.69, 9.17) is 27.4 Å². The van der Waals surface area contributed by atoms with Crippen LogP contribution in [0.2, 0.25) is 0 Å². The third-order valence-corrected chi connectivity index (χ3v) is 4.10. The van der Waals surface area contributed by atoms with Crippen molar-refractivity contribution in [2.24, 2.45) is 22.2 Å². The molecule has 0 aromatic heterocycles. The van der Waals surface area contributed by atoms with Crippen LogP contribution in [0.15, 0.2) is 4.99 Å². The summed E-state index contributed by atoms with van der Waals surface area (Å²) in [5.74, 6) is -4.33. The summed E-state index contributed by atoms with van der Waals surface area (Å²) in [5.41, 5.74) is 16.1. The molecule has 0 radical (unpaired) electrons. The number of rotatable bonds is 14. The Kier molecular flexibility index (Phi) is 13.1. The fraction of sp³-hybridized carbons (Fsp3) is 0.667. The highest BCUT2D eigenvalue weighted by atomic mass is 32.1. The molecule has 0 bridgehead atoms. The van der Waals surface area contributed by atoms with E-state index in [1.54, 1.807) is 0 Å². The van der Waals surface area contributed by atoms with Gasteiger partial charge in [-0.05, 0) is 12.8 Å². The molecule has 14 nitrogen and oxygen atoms in total. The number of hydrogen-bond acceptors (Lipinski definition) is 9. The van der Waals surface area contributed by atoms with Crippen molar-refractivity contribution in [2.75, 3.05) is 25.5 Å². The van der Waals surface area contributed by atoms with E-state index < -0.39 is 61.1 Å². The zero-order valence-electron chi connectivity index (χ0n) is 16.2. The van der Waals surface area contributed by atoms with Crippen LogP contribution >= 0.6 is 12.6 Å². The van der Waals surface area contributed by atoms with E-state index in [9.17, 15) is 24.3 Å². The van der Waals surface area contributed by atoms with E-state index >= 15 is 0 Å². The highest BCUT2D eigenvalue weighted by Crippen LogP contribution is 1.98. The summed E-state index contributed by atoms with van der Waals surface area (Å²) in [5, 5.41) is 33.7. The minimum atomic E-state index is -1.57. The van der Waals surface area contributed by atoms with Gasteiger partial charge in [-0.15, -0.1) is 0 Å². The molecule has 15 heteroatoms. The third kappa shape index (κ3) is 10.2. The average Bonchev–Trinajstić information content (AvgIpc) is 2.70. The Bertz CT molecular complexity index is 630. The lowest BCUT2D eigenvalue weighted by molar-refractivity contribution is -0.143. The van der Waals surface area contributed by atoms with Gasteiger partial charge in [0, 0.05) is 12.3 Å². The number of hydrogen-bond donors (Lipinski definition) is 10. The number of amides is 3. The molecule has 3 amide bonds. The Balaban J connectivity index is 4.79. The molecular formula is C15H29N7O7S. The van der Waals surface area contributed by atoms with Crippen molar-refractivity contribution in [3.05, 3.63) is 0 Å². The summed E-state index contributed by atoms with van der Waals surface area (Å²) >= 11 is 3.91. The maximum absolute atomic E-state index is 12.3. The first-order valence-electron chi connectivity index (χ1n) is 8.84. The van der Waals surface area contributed by atoms with Gasteiger partial charge in [-0.1, -0.05) is 0 Å². The number of carbonyl (C=O) groups is 4. The van der Waals surface area contributed by atoms with Crippen molar-refractivity contribution in [3.8, 4) is 0 Å². The third-order valence-electron chi connectivity index (χ3n) is 3.73. The molecule has 0 spiro atoms. The van der Waals surface area contributed by atoms with Crippen LogP contribution in [0.5, 0.6) is 0 Å². The van der Waals surface area contributed by atoms with Crippen LogP contribution in [0.4, 0.5) is 0 Å². The highest BCUT2D eigenvalue weighted by molar-refractivity contribution is 7.80. The van der Waals surface area contributed by atoms with Gasteiger partial charge >= 0.3 is 5.97 Å². The molecule has 12 N–H and O–H groups in total. The number of nitrogens with two attached hydrogens (primary N) is 3. The standard InChI is InChI=1S/C15H29N7O7S/c16-7(2-1-3-19-15(17)18)11(25)20-8(4-23)12(26)22-10(6-30)13(27)21-9(5-24)14(28)29/h7-10,23-24,30H,1-6,16H2,(H,20,25)(H,21,27)(H,22,26)(H,28,29)(H4,17,18,19). The van der Waals surface area contributed by atoms with Crippen molar-refractivity contribution in [3.63, 3.8) is 0 Å². The van der Waals surface area contributed by atoms with Gasteiger partial charge in [-0.2, -0.15) is 12.6 Å². The highest BCUT2D eigenvalue weighted by Gasteiger charge is 2.29. The Morgan fingerprint density at radius 1 is 0.900 bits per heavy atom. The zero-order valence-corrected chi connectivity index (χ0v) is 17.0. The lowest BCUT2D eigenvalue weighted by Crippen LogP contribution is -2.58. The van der Waals surface area contributed by atoms with E-state index in [2.05, 4.69) is 28.3 Å². The zero-order chi connectivity index (χ0) is 23.3. The van der Waals surface area contributed by atoms with E-state index in [1.165, 1.54) is 0 Å². The minimum Gasteiger partial charge on any atom is -0.480 e. The predicted octanol–water partition coefficient (Wildman–Crippen LogP) is -5.18. The maximum Gasteiger partial charge on any atom is 0.328 e. The number of carboxylic acid groups (broad SMARTS) is 1. The largest absolute Gasteiger partial charge is 0.480 e. The monoisotopic (exact) mass is 451 g/mol. The van der Waals surface area contributed by atoms with Crippen LogP contribution in [0.25, 0.3) is 0 Å². The van der Waals surface area contributed by atoms with Gasteiger partial charge in [0.05, 0.1) is 19.3 Å². The fourth-order valence-corrected chi connectivity index (χ4v) is 2.30. The molecule has 4 atom stereocenters. The number of aliphatic hydroxyl groups excluding tert-OH is 2. The second-order valence-corrected chi connectivity index (χ2v) is 6.49. The van der Waals surface area contributed by atoms with Crippen LogP contribution in [0, 0.1) is 0 Å². The Morgan fingerprint density at radius 2 is 1.40 bits per heavy atom. The molecule has 0 fully saturated rings. The molecular weight excluding hydrogens is 422 g/mol. The molecule has 0 aromatic rings. The topological polar surface area (TPSA) is 255 Å². The molecule has 0 rings (SSSR count). The average molecular weight is 452 g/mol. The number of guanidine groups is 1. The van der Waals surface area contributed by atoms with Gasteiger partial charge in [0.2, 0.25) is 17.7 Å². The van der Waals surface area contributed by atoms with E-state index in [0.717, 1.165) is 0 Å². The van der Waals surface area contributed by atoms with Gasteiger partial charge in [0.25, 0.3) is 0 Å². The summed E-state index contributed by atoms with van der Waals surface area (Å²) in [6.45, 7) is -1.38. The summed E-state index contributed by atoms with van der Waals surface area (Å²) in [6, 6.07) is -5.26. The summed E-state index contributed by atoms with van der Waals surface area (Å²) < 4.78 is 0. The fourth-order valence-electron chi connectivity index (χ4n) is 2.05.